The zero-order chi connectivity index (χ0) is 10.5. The fourth-order valence-corrected chi connectivity index (χ4v) is 4.01. The summed E-state index contributed by atoms with van der Waals surface area (Å²) in [6, 6.07) is 0.500. The van der Waals surface area contributed by atoms with E-state index in [1.54, 1.807) is 0 Å². The third-order valence-corrected chi connectivity index (χ3v) is 5.38. The first-order valence-corrected chi connectivity index (χ1v) is 6.69. The van der Waals surface area contributed by atoms with Crippen molar-refractivity contribution in [2.45, 2.75) is 57.0 Å². The summed E-state index contributed by atoms with van der Waals surface area (Å²) in [5.41, 5.74) is 6.77. The Labute approximate surface area is 93.0 Å². The zero-order valence-electron chi connectivity index (χ0n) is 9.84. The molecule has 2 bridgehead atoms. The highest BCUT2D eigenvalue weighted by Crippen LogP contribution is 2.47. The van der Waals surface area contributed by atoms with Crippen LogP contribution in [-0.4, -0.2) is 18.1 Å². The lowest BCUT2D eigenvalue weighted by Gasteiger charge is -2.41. The van der Waals surface area contributed by atoms with Crippen molar-refractivity contribution in [3.63, 3.8) is 0 Å². The van der Waals surface area contributed by atoms with Gasteiger partial charge in [0, 0.05) is 18.1 Å². The summed E-state index contributed by atoms with van der Waals surface area (Å²) in [4.78, 5) is 0. The minimum atomic E-state index is 0.460. The molecule has 0 saturated heterocycles. The molecular formula is C13H24N2. The van der Waals surface area contributed by atoms with Gasteiger partial charge >= 0.3 is 0 Å². The predicted molar refractivity (Wildman–Crippen MR) is 62.6 cm³/mol. The van der Waals surface area contributed by atoms with Crippen LogP contribution in [-0.2, 0) is 0 Å². The molecule has 0 aromatic carbocycles. The van der Waals surface area contributed by atoms with Gasteiger partial charge < -0.3 is 11.1 Å². The summed E-state index contributed by atoms with van der Waals surface area (Å²) in [6.45, 7) is 3.55. The fraction of sp³-hybridized carbons (Fsp3) is 1.00. The molecule has 2 heteroatoms. The van der Waals surface area contributed by atoms with Crippen LogP contribution in [0, 0.1) is 17.8 Å². The largest absolute Gasteiger partial charge is 0.327 e. The summed E-state index contributed by atoms with van der Waals surface area (Å²) in [6.07, 6.45) is 8.41. The number of nitrogens with one attached hydrogen (secondary N) is 1. The zero-order valence-corrected chi connectivity index (χ0v) is 9.84. The molecule has 3 fully saturated rings. The van der Waals surface area contributed by atoms with Crippen LogP contribution in [0.25, 0.3) is 0 Å². The summed E-state index contributed by atoms with van der Waals surface area (Å²) >= 11 is 0. The molecule has 0 aromatic rings. The summed E-state index contributed by atoms with van der Waals surface area (Å²) in [5.74, 6) is 2.58. The van der Waals surface area contributed by atoms with Gasteiger partial charge in [-0.2, -0.15) is 0 Å². The van der Waals surface area contributed by atoms with Crippen molar-refractivity contribution >= 4 is 0 Å². The molecule has 3 aliphatic rings. The molecule has 0 spiro atoms. The molecule has 3 N–H and O–H groups in total. The monoisotopic (exact) mass is 208 g/mol. The Morgan fingerprint density at radius 2 is 2.00 bits per heavy atom. The first kappa shape index (κ1) is 10.1. The lowest BCUT2D eigenvalue weighted by atomic mass is 9.77. The Hall–Kier alpha value is -0.0800. The Balaban J connectivity index is 1.55. The molecule has 3 saturated carbocycles. The lowest BCUT2D eigenvalue weighted by molar-refractivity contribution is 0.176. The lowest BCUT2D eigenvalue weighted by Crippen LogP contribution is -2.52. The second kappa shape index (κ2) is 3.46. The summed E-state index contributed by atoms with van der Waals surface area (Å²) < 4.78 is 0. The van der Waals surface area contributed by atoms with Crippen molar-refractivity contribution < 1.29 is 0 Å². The van der Waals surface area contributed by atoms with Gasteiger partial charge in [-0.05, 0) is 63.2 Å². The molecule has 0 aromatic heterocycles. The molecule has 2 nitrogen and oxygen atoms in total. The fourth-order valence-electron chi connectivity index (χ4n) is 4.01. The smallest absolute Gasteiger partial charge is 0.0153 e. The van der Waals surface area contributed by atoms with Crippen LogP contribution < -0.4 is 11.1 Å². The van der Waals surface area contributed by atoms with Crippen LogP contribution in [0.5, 0.6) is 0 Å². The van der Waals surface area contributed by atoms with E-state index in [-0.39, 0.29) is 0 Å². The van der Waals surface area contributed by atoms with E-state index in [0.29, 0.717) is 11.6 Å². The Morgan fingerprint density at radius 1 is 1.27 bits per heavy atom. The maximum absolute atomic E-state index is 6.31. The first-order valence-electron chi connectivity index (χ1n) is 6.69. The topological polar surface area (TPSA) is 38.0 Å². The van der Waals surface area contributed by atoms with Crippen molar-refractivity contribution in [3.8, 4) is 0 Å². The van der Waals surface area contributed by atoms with Crippen LogP contribution in [0.3, 0.4) is 0 Å². The number of fused-ring (bicyclic) bond motifs is 2. The molecule has 4 atom stereocenters. The van der Waals surface area contributed by atoms with Crippen LogP contribution in [0.2, 0.25) is 0 Å². The van der Waals surface area contributed by atoms with E-state index in [1.807, 2.05) is 0 Å². The third kappa shape index (κ3) is 1.62. The van der Waals surface area contributed by atoms with E-state index in [1.165, 1.54) is 45.1 Å². The van der Waals surface area contributed by atoms with Gasteiger partial charge in [0.15, 0.2) is 0 Å². The normalized spacial score (nSPS) is 46.8. The van der Waals surface area contributed by atoms with Crippen LogP contribution in [0.15, 0.2) is 0 Å². The Kier molecular flexibility index (Phi) is 2.33. The van der Waals surface area contributed by atoms with E-state index in [2.05, 4.69) is 12.2 Å². The second-order valence-electron chi connectivity index (χ2n) is 6.37. The number of rotatable bonds is 3. The number of hydrogen-bond donors (Lipinski definition) is 2. The highest BCUT2D eigenvalue weighted by Gasteiger charge is 2.46. The second-order valence-corrected chi connectivity index (χ2v) is 6.37. The summed E-state index contributed by atoms with van der Waals surface area (Å²) in [7, 11) is 0. The van der Waals surface area contributed by atoms with Crippen LogP contribution in [0.4, 0.5) is 0 Å². The van der Waals surface area contributed by atoms with Gasteiger partial charge in [0.25, 0.3) is 0 Å². The molecule has 0 amide bonds. The highest BCUT2D eigenvalue weighted by atomic mass is 15.0. The van der Waals surface area contributed by atoms with Crippen molar-refractivity contribution in [1.29, 1.82) is 0 Å². The average molecular weight is 208 g/mol. The Morgan fingerprint density at radius 3 is 2.53 bits per heavy atom. The quantitative estimate of drug-likeness (QED) is 0.743. The van der Waals surface area contributed by atoms with E-state index in [9.17, 15) is 0 Å². The molecule has 86 valence electrons. The van der Waals surface area contributed by atoms with Gasteiger partial charge in [-0.15, -0.1) is 0 Å². The van der Waals surface area contributed by atoms with Crippen molar-refractivity contribution in [3.05, 3.63) is 0 Å². The van der Waals surface area contributed by atoms with Crippen molar-refractivity contribution in [2.75, 3.05) is 6.54 Å². The molecule has 3 aliphatic carbocycles. The van der Waals surface area contributed by atoms with Gasteiger partial charge in [-0.3, -0.25) is 0 Å². The maximum Gasteiger partial charge on any atom is 0.0153 e. The molecule has 0 heterocycles. The molecule has 0 aliphatic heterocycles. The summed E-state index contributed by atoms with van der Waals surface area (Å²) in [5, 5.41) is 3.77. The number of nitrogens with two attached hydrogens (primary N) is 1. The van der Waals surface area contributed by atoms with E-state index in [4.69, 9.17) is 5.73 Å². The van der Waals surface area contributed by atoms with E-state index < -0.39 is 0 Å². The Bertz CT molecular complexity index is 245. The minimum Gasteiger partial charge on any atom is -0.327 e. The van der Waals surface area contributed by atoms with E-state index >= 15 is 0 Å². The average Bonchev–Trinajstić information content (AvgIpc) is 2.73. The predicted octanol–water partition coefficient (Wildman–Crippen LogP) is 1.89. The standard InChI is InChI=1S/C13H24N2/c1-13(5-2-6-13)15-8-11-9-3-4-10(7-9)12(11)14/h9-12,15H,2-8,14H2,1H3. The molecular weight excluding hydrogens is 184 g/mol. The van der Waals surface area contributed by atoms with Gasteiger partial charge in [0.1, 0.15) is 0 Å². The van der Waals surface area contributed by atoms with Crippen LogP contribution in [0.1, 0.15) is 45.4 Å². The highest BCUT2D eigenvalue weighted by molar-refractivity contribution is 5.01. The number of hydrogen-bond acceptors (Lipinski definition) is 2. The minimum absolute atomic E-state index is 0.460. The first-order chi connectivity index (χ1) is 7.18. The van der Waals surface area contributed by atoms with Gasteiger partial charge in [0.2, 0.25) is 0 Å². The molecule has 4 unspecified atom stereocenters. The van der Waals surface area contributed by atoms with Crippen molar-refractivity contribution in [2.24, 2.45) is 23.5 Å². The maximum atomic E-state index is 6.31. The van der Waals surface area contributed by atoms with Crippen LogP contribution >= 0.6 is 0 Å². The SMILES string of the molecule is CC1(NCC2C3CCC(C3)C2N)CCC1. The van der Waals surface area contributed by atoms with Gasteiger partial charge in [0.05, 0.1) is 0 Å². The third-order valence-electron chi connectivity index (χ3n) is 5.38. The van der Waals surface area contributed by atoms with E-state index in [0.717, 1.165) is 17.8 Å². The van der Waals surface area contributed by atoms with Crippen molar-refractivity contribution in [1.82, 2.24) is 5.32 Å². The molecule has 15 heavy (non-hydrogen) atoms. The molecule has 0 radical (unpaired) electrons. The molecule has 3 rings (SSSR count). The van der Waals surface area contributed by atoms with Gasteiger partial charge in [-0.1, -0.05) is 0 Å². The van der Waals surface area contributed by atoms with Gasteiger partial charge in [-0.25, -0.2) is 0 Å².